The van der Waals surface area contributed by atoms with Crippen molar-refractivity contribution in [2.75, 3.05) is 13.2 Å². The van der Waals surface area contributed by atoms with Gasteiger partial charge in [-0.25, -0.2) is 0 Å². The lowest BCUT2D eigenvalue weighted by molar-refractivity contribution is -0.137. The second kappa shape index (κ2) is 8.11. The molecule has 0 aliphatic carbocycles. The van der Waals surface area contributed by atoms with Crippen LogP contribution in [0.3, 0.4) is 0 Å². The Hall–Kier alpha value is -3.68. The second-order valence-corrected chi connectivity index (χ2v) is 8.30. The van der Waals surface area contributed by atoms with Crippen LogP contribution in [0.25, 0.3) is 0 Å². The smallest absolute Gasteiger partial charge is 0.260 e. The van der Waals surface area contributed by atoms with E-state index in [9.17, 15) is 19.2 Å². The summed E-state index contributed by atoms with van der Waals surface area (Å²) in [5, 5.41) is 2.30. The number of ether oxygens (including phenoxy) is 1. The van der Waals surface area contributed by atoms with Gasteiger partial charge in [-0.3, -0.25) is 24.5 Å². The molecular weight excluding hydrogens is 410 g/mol. The quantitative estimate of drug-likeness (QED) is 0.736. The second-order valence-electron chi connectivity index (χ2n) is 8.30. The van der Waals surface area contributed by atoms with Gasteiger partial charge in [0.2, 0.25) is 11.8 Å². The molecule has 3 aliphatic heterocycles. The van der Waals surface area contributed by atoms with Gasteiger partial charge in [0.25, 0.3) is 11.8 Å². The Morgan fingerprint density at radius 1 is 1.00 bits per heavy atom. The van der Waals surface area contributed by atoms with Crippen molar-refractivity contribution >= 4 is 23.6 Å². The number of imide groups is 1. The Kier molecular flexibility index (Phi) is 5.13. The molecule has 0 saturated carbocycles. The number of hydrogen-bond acceptors (Lipinski definition) is 5. The molecule has 0 radical (unpaired) electrons. The number of carbonyl (C=O) groups is 4. The van der Waals surface area contributed by atoms with Gasteiger partial charge >= 0.3 is 0 Å². The van der Waals surface area contributed by atoms with E-state index in [0.717, 1.165) is 12.0 Å². The fourth-order valence-electron chi connectivity index (χ4n) is 4.63. The summed E-state index contributed by atoms with van der Waals surface area (Å²) < 4.78 is 5.85. The number of carbonyl (C=O) groups excluding carboxylic acids is 4. The SMILES string of the molecule is O=C1CCC(N2Cc3c(OCC(=O)N4CCc5ccccc5C4)cccc3C2=O)C(=O)N1. The first-order chi connectivity index (χ1) is 15.5. The van der Waals surface area contributed by atoms with E-state index >= 15 is 0 Å². The largest absolute Gasteiger partial charge is 0.483 e. The minimum absolute atomic E-state index is 0.108. The third-order valence-electron chi connectivity index (χ3n) is 6.37. The van der Waals surface area contributed by atoms with E-state index in [4.69, 9.17) is 4.74 Å². The number of nitrogens with one attached hydrogen (secondary N) is 1. The van der Waals surface area contributed by atoms with Crippen LogP contribution in [0.5, 0.6) is 5.75 Å². The normalized spacial score (nSPS) is 20.0. The van der Waals surface area contributed by atoms with E-state index in [0.29, 0.717) is 36.4 Å². The summed E-state index contributed by atoms with van der Waals surface area (Å²) in [4.78, 5) is 52.6. The van der Waals surface area contributed by atoms with Gasteiger partial charge in [-0.2, -0.15) is 0 Å². The predicted octanol–water partition coefficient (Wildman–Crippen LogP) is 1.41. The molecule has 32 heavy (non-hydrogen) atoms. The zero-order valence-corrected chi connectivity index (χ0v) is 17.5. The van der Waals surface area contributed by atoms with Gasteiger partial charge in [0.1, 0.15) is 11.8 Å². The third kappa shape index (κ3) is 3.62. The van der Waals surface area contributed by atoms with Gasteiger partial charge < -0.3 is 14.5 Å². The Labute approximate surface area is 185 Å². The summed E-state index contributed by atoms with van der Waals surface area (Å²) in [6, 6.07) is 12.6. The highest BCUT2D eigenvalue weighted by molar-refractivity contribution is 6.05. The molecule has 1 N–H and O–H groups in total. The molecule has 2 aromatic carbocycles. The number of nitrogens with zero attached hydrogens (tertiary/aromatic N) is 2. The number of hydrogen-bond donors (Lipinski definition) is 1. The molecule has 8 nitrogen and oxygen atoms in total. The topological polar surface area (TPSA) is 96.0 Å². The highest BCUT2D eigenvalue weighted by atomic mass is 16.5. The van der Waals surface area contributed by atoms with Crippen molar-refractivity contribution in [3.8, 4) is 5.75 Å². The lowest BCUT2D eigenvalue weighted by atomic mass is 10.00. The molecule has 1 fully saturated rings. The number of piperidine rings is 1. The van der Waals surface area contributed by atoms with Crippen LogP contribution < -0.4 is 10.1 Å². The highest BCUT2D eigenvalue weighted by Gasteiger charge is 2.40. The van der Waals surface area contributed by atoms with E-state index in [1.807, 2.05) is 18.2 Å². The molecule has 1 unspecified atom stereocenters. The average molecular weight is 433 g/mol. The molecule has 164 valence electrons. The summed E-state index contributed by atoms with van der Waals surface area (Å²) >= 11 is 0. The van der Waals surface area contributed by atoms with E-state index in [1.54, 1.807) is 23.1 Å². The van der Waals surface area contributed by atoms with Crippen molar-refractivity contribution < 1.29 is 23.9 Å². The van der Waals surface area contributed by atoms with Gasteiger partial charge in [-0.05, 0) is 36.1 Å². The van der Waals surface area contributed by atoms with Gasteiger partial charge in [-0.1, -0.05) is 30.3 Å². The number of benzene rings is 2. The maximum atomic E-state index is 12.9. The summed E-state index contributed by atoms with van der Waals surface area (Å²) in [7, 11) is 0. The van der Waals surface area contributed by atoms with Crippen molar-refractivity contribution in [1.82, 2.24) is 15.1 Å². The van der Waals surface area contributed by atoms with Crippen LogP contribution in [0, 0.1) is 0 Å². The van der Waals surface area contributed by atoms with Crippen LogP contribution in [-0.2, 0) is 33.9 Å². The molecule has 5 rings (SSSR count). The van der Waals surface area contributed by atoms with Crippen LogP contribution in [-0.4, -0.2) is 52.6 Å². The Bertz CT molecular complexity index is 1130. The van der Waals surface area contributed by atoms with Gasteiger partial charge in [0, 0.05) is 30.6 Å². The van der Waals surface area contributed by atoms with Crippen molar-refractivity contribution in [2.45, 2.75) is 38.4 Å². The minimum Gasteiger partial charge on any atom is -0.483 e. The molecule has 4 amide bonds. The number of rotatable bonds is 4. The first kappa shape index (κ1) is 20.2. The summed E-state index contributed by atoms with van der Waals surface area (Å²) in [5.41, 5.74) is 3.55. The highest BCUT2D eigenvalue weighted by Crippen LogP contribution is 2.33. The molecule has 1 atom stereocenters. The van der Waals surface area contributed by atoms with Gasteiger partial charge in [0.05, 0.1) is 6.54 Å². The molecule has 3 heterocycles. The van der Waals surface area contributed by atoms with Crippen LogP contribution in [0.2, 0.25) is 0 Å². The molecule has 0 bridgehead atoms. The van der Waals surface area contributed by atoms with Crippen molar-refractivity contribution in [3.05, 3.63) is 64.7 Å². The van der Waals surface area contributed by atoms with Gasteiger partial charge in [-0.15, -0.1) is 0 Å². The molecule has 1 saturated heterocycles. The summed E-state index contributed by atoms with van der Waals surface area (Å²) in [6.45, 7) is 1.30. The third-order valence-corrected chi connectivity index (χ3v) is 6.37. The Balaban J connectivity index is 1.27. The van der Waals surface area contributed by atoms with E-state index in [2.05, 4.69) is 11.4 Å². The monoisotopic (exact) mass is 433 g/mol. The van der Waals surface area contributed by atoms with Crippen molar-refractivity contribution in [1.29, 1.82) is 0 Å². The first-order valence-corrected chi connectivity index (χ1v) is 10.7. The van der Waals surface area contributed by atoms with Crippen molar-refractivity contribution in [2.24, 2.45) is 0 Å². The maximum Gasteiger partial charge on any atom is 0.260 e. The number of fused-ring (bicyclic) bond motifs is 2. The molecular formula is C24H23N3O5. The average Bonchev–Trinajstić information content (AvgIpc) is 3.14. The Morgan fingerprint density at radius 3 is 2.62 bits per heavy atom. The van der Waals surface area contributed by atoms with Crippen LogP contribution in [0.4, 0.5) is 0 Å². The Morgan fingerprint density at radius 2 is 1.81 bits per heavy atom. The zero-order valence-electron chi connectivity index (χ0n) is 17.5. The van der Waals surface area contributed by atoms with E-state index in [-0.39, 0.29) is 37.3 Å². The lowest BCUT2D eigenvalue weighted by Crippen LogP contribution is -2.52. The van der Waals surface area contributed by atoms with Crippen molar-refractivity contribution in [3.63, 3.8) is 0 Å². The van der Waals surface area contributed by atoms with Crippen LogP contribution in [0.15, 0.2) is 42.5 Å². The maximum absolute atomic E-state index is 12.9. The fraction of sp³-hybridized carbons (Fsp3) is 0.333. The van der Waals surface area contributed by atoms with Crippen LogP contribution >= 0.6 is 0 Å². The summed E-state index contributed by atoms with van der Waals surface area (Å²) in [5.74, 6) is -0.678. The minimum atomic E-state index is -0.685. The summed E-state index contributed by atoms with van der Waals surface area (Å²) in [6.07, 6.45) is 1.32. The standard InChI is InChI=1S/C24H23N3O5/c28-21-9-8-19(23(30)25-21)27-13-18-17(24(27)31)6-3-7-20(18)32-14-22(29)26-11-10-15-4-1-2-5-16(15)12-26/h1-7,19H,8-14H2,(H,25,28,30). The van der Waals surface area contributed by atoms with Crippen LogP contribution in [0.1, 0.15) is 39.9 Å². The number of amides is 4. The molecule has 3 aliphatic rings. The van der Waals surface area contributed by atoms with Gasteiger partial charge in [0.15, 0.2) is 6.61 Å². The predicted molar refractivity (Wildman–Crippen MR) is 114 cm³/mol. The van der Waals surface area contributed by atoms with E-state index < -0.39 is 11.9 Å². The molecule has 8 heteroatoms. The molecule has 2 aromatic rings. The van der Waals surface area contributed by atoms with E-state index in [1.165, 1.54) is 10.5 Å². The first-order valence-electron chi connectivity index (χ1n) is 10.7. The lowest BCUT2D eigenvalue weighted by Gasteiger charge is -2.29. The zero-order chi connectivity index (χ0) is 22.2. The molecule has 0 spiro atoms. The fourth-order valence-corrected chi connectivity index (χ4v) is 4.63. The molecule has 0 aromatic heterocycles.